The molecule has 1 amide bonds. The standard InChI is InChI=1S/C45H61N3O10/c1-6-22-56-45-40(48(43(51)52-5)28-30-13-15-38-39(24-30)55-29-54-38)27-36(46-58-44(2,3)4)34-25-31(11-7-9-20-49)33(12-8-10-21-50)41(42(34)45)35-26-32(14-16-37(35)57-45)53-23-19-47-17-18-47/h6,13-16,24-26,31,33,40-42,49-50H,1,7-12,17-23,27-29H2,2-5H3. The minimum Gasteiger partial charge on any atom is -0.492 e. The van der Waals surface area contributed by atoms with Crippen LogP contribution in [0, 0.1) is 17.8 Å². The molecule has 0 radical (unpaired) electrons. The van der Waals surface area contributed by atoms with Crippen LogP contribution < -0.4 is 18.9 Å². The highest BCUT2D eigenvalue weighted by molar-refractivity contribution is 6.03. The molecule has 1 saturated heterocycles. The van der Waals surface area contributed by atoms with E-state index in [1.807, 2.05) is 51.1 Å². The summed E-state index contributed by atoms with van der Waals surface area (Å²) in [5.41, 5.74) is 2.91. The van der Waals surface area contributed by atoms with Gasteiger partial charge in [-0.1, -0.05) is 36.2 Å². The highest BCUT2D eigenvalue weighted by atomic mass is 16.7. The van der Waals surface area contributed by atoms with Gasteiger partial charge in [-0.25, -0.2) is 4.79 Å². The number of unbranched alkanes of at least 4 members (excludes halogenated alkanes) is 2. The molecule has 0 aromatic heterocycles. The van der Waals surface area contributed by atoms with Crippen molar-refractivity contribution in [3.05, 3.63) is 71.8 Å². The highest BCUT2D eigenvalue weighted by Gasteiger charge is 2.65. The first-order valence-electron chi connectivity index (χ1n) is 20.9. The van der Waals surface area contributed by atoms with Crippen LogP contribution in [0.25, 0.3) is 0 Å². The molecular formula is C45H61N3O10. The predicted molar refractivity (Wildman–Crippen MR) is 218 cm³/mol. The van der Waals surface area contributed by atoms with E-state index < -0.39 is 29.4 Å². The normalized spacial score (nSPS) is 26.2. The quantitative estimate of drug-likeness (QED) is 0.0670. The van der Waals surface area contributed by atoms with E-state index in [2.05, 4.69) is 23.6 Å². The fourth-order valence-corrected chi connectivity index (χ4v) is 9.17. The number of carbonyl (C=O) groups excluding carboxylic acids is 1. The molecule has 7 rings (SSSR count). The van der Waals surface area contributed by atoms with E-state index in [0.29, 0.717) is 42.4 Å². The lowest BCUT2D eigenvalue weighted by Crippen LogP contribution is -2.70. The lowest BCUT2D eigenvalue weighted by atomic mass is 9.55. The number of rotatable bonds is 19. The van der Waals surface area contributed by atoms with Crippen LogP contribution in [0.3, 0.4) is 0 Å². The summed E-state index contributed by atoms with van der Waals surface area (Å²) in [6, 6.07) is 11.0. The summed E-state index contributed by atoms with van der Waals surface area (Å²) < 4.78 is 37.7. The molecule has 2 aromatic rings. The second kappa shape index (κ2) is 18.3. The van der Waals surface area contributed by atoms with Crippen LogP contribution in [-0.2, 0) is 20.9 Å². The first-order chi connectivity index (χ1) is 28.1. The molecule has 2 aromatic carbocycles. The number of hydrogen-bond acceptors (Lipinski definition) is 12. The van der Waals surface area contributed by atoms with Crippen molar-refractivity contribution in [3.63, 3.8) is 0 Å². The van der Waals surface area contributed by atoms with Gasteiger partial charge in [-0.05, 0) is 99.8 Å². The molecular weight excluding hydrogens is 743 g/mol. The molecule has 13 nitrogen and oxygen atoms in total. The summed E-state index contributed by atoms with van der Waals surface area (Å²) in [5, 5.41) is 24.7. The van der Waals surface area contributed by atoms with Gasteiger partial charge in [0, 0.05) is 57.3 Å². The summed E-state index contributed by atoms with van der Waals surface area (Å²) in [7, 11) is 1.38. The Hall–Kier alpha value is -4.30. The average molecular weight is 804 g/mol. The Kier molecular flexibility index (Phi) is 13.2. The van der Waals surface area contributed by atoms with E-state index in [4.69, 9.17) is 38.4 Å². The number of oxime groups is 1. The molecule has 3 aliphatic heterocycles. The Morgan fingerprint density at radius 3 is 2.52 bits per heavy atom. The van der Waals surface area contributed by atoms with Crippen LogP contribution in [0.15, 0.2) is 65.9 Å². The van der Waals surface area contributed by atoms with Gasteiger partial charge in [-0.15, -0.1) is 6.58 Å². The Balaban J connectivity index is 1.42. The maximum Gasteiger partial charge on any atom is 0.410 e. The topological polar surface area (TPSA) is 141 Å². The van der Waals surface area contributed by atoms with E-state index in [9.17, 15) is 15.0 Å². The Morgan fingerprint density at radius 1 is 1.03 bits per heavy atom. The molecule has 0 spiro atoms. The maximum absolute atomic E-state index is 14.3. The summed E-state index contributed by atoms with van der Waals surface area (Å²) in [6.45, 7) is 14.2. The number of carbonyl (C=O) groups is 1. The third-order valence-electron chi connectivity index (χ3n) is 11.9. The Morgan fingerprint density at radius 2 is 1.79 bits per heavy atom. The lowest BCUT2D eigenvalue weighted by molar-refractivity contribution is -0.256. The molecule has 3 heterocycles. The third-order valence-corrected chi connectivity index (χ3v) is 11.9. The monoisotopic (exact) mass is 803 g/mol. The van der Waals surface area contributed by atoms with Crippen LogP contribution >= 0.6 is 0 Å². The van der Waals surface area contributed by atoms with Crippen molar-refractivity contribution < 1.29 is 48.3 Å². The van der Waals surface area contributed by atoms with Gasteiger partial charge in [0.1, 0.15) is 29.7 Å². The molecule has 316 valence electrons. The van der Waals surface area contributed by atoms with E-state index in [1.54, 1.807) is 11.0 Å². The lowest BCUT2D eigenvalue weighted by Gasteiger charge is -2.59. The van der Waals surface area contributed by atoms with Crippen molar-refractivity contribution in [3.8, 4) is 23.0 Å². The van der Waals surface area contributed by atoms with Gasteiger partial charge in [0.2, 0.25) is 12.6 Å². The van der Waals surface area contributed by atoms with Crippen LogP contribution in [0.4, 0.5) is 4.79 Å². The van der Waals surface area contributed by atoms with Gasteiger partial charge in [0.15, 0.2) is 11.5 Å². The molecule has 5 aliphatic rings. The minimum absolute atomic E-state index is 0.0881. The van der Waals surface area contributed by atoms with Crippen LogP contribution in [0.5, 0.6) is 23.0 Å². The highest BCUT2D eigenvalue weighted by Crippen LogP contribution is 2.62. The zero-order chi connectivity index (χ0) is 40.9. The number of amides is 1. The van der Waals surface area contributed by atoms with Crippen molar-refractivity contribution in [2.45, 2.75) is 95.6 Å². The van der Waals surface area contributed by atoms with E-state index in [0.717, 1.165) is 67.8 Å². The Bertz CT molecular complexity index is 1820. The molecule has 1 saturated carbocycles. The van der Waals surface area contributed by atoms with Crippen LogP contribution in [0.2, 0.25) is 0 Å². The maximum atomic E-state index is 14.3. The SMILES string of the molecule is C=CCOC12Oc3ccc(OCCN4CC4)cc3C3C(CCCCO)C(CCCCO)C=C(C(=NOC(C)(C)C)CC1N(Cc1ccc4c(c1)OCO4)C(=O)OC)C32. The van der Waals surface area contributed by atoms with Crippen molar-refractivity contribution in [2.24, 2.45) is 22.9 Å². The van der Waals surface area contributed by atoms with E-state index in [-0.39, 0.29) is 57.3 Å². The number of hydrogen-bond donors (Lipinski definition) is 2. The molecule has 6 atom stereocenters. The minimum atomic E-state index is -1.42. The molecule has 13 heteroatoms. The summed E-state index contributed by atoms with van der Waals surface area (Å²) >= 11 is 0. The second-order valence-electron chi connectivity index (χ2n) is 17.0. The summed E-state index contributed by atoms with van der Waals surface area (Å²) in [6.07, 6.45) is 8.48. The zero-order valence-electron chi connectivity index (χ0n) is 34.5. The molecule has 58 heavy (non-hydrogen) atoms. The fraction of sp³-hybridized carbons (Fsp3) is 0.600. The molecule has 0 bridgehead atoms. The average Bonchev–Trinajstić information content (AvgIpc) is 3.92. The number of nitrogens with zero attached hydrogens (tertiary/aromatic N) is 3. The van der Waals surface area contributed by atoms with Gasteiger partial charge in [0.05, 0.1) is 25.3 Å². The number of aliphatic hydroxyl groups is 2. The number of fused-ring (bicyclic) bond motifs is 3. The Labute approximate surface area is 342 Å². The molecule has 2 aliphatic carbocycles. The van der Waals surface area contributed by atoms with Crippen molar-refractivity contribution in [2.75, 3.05) is 60.0 Å². The van der Waals surface area contributed by atoms with Gasteiger partial charge in [-0.3, -0.25) is 9.80 Å². The fourth-order valence-electron chi connectivity index (χ4n) is 9.17. The smallest absolute Gasteiger partial charge is 0.410 e. The molecule has 2 fully saturated rings. The number of allylic oxidation sites excluding steroid dienone is 1. The predicted octanol–water partition coefficient (Wildman–Crippen LogP) is 6.81. The molecule has 2 N–H and O–H groups in total. The van der Waals surface area contributed by atoms with Gasteiger partial charge in [0.25, 0.3) is 0 Å². The van der Waals surface area contributed by atoms with Crippen molar-refractivity contribution >= 4 is 11.8 Å². The van der Waals surface area contributed by atoms with E-state index in [1.165, 1.54) is 7.11 Å². The van der Waals surface area contributed by atoms with Gasteiger partial charge < -0.3 is 43.5 Å². The molecule has 6 unspecified atom stereocenters. The van der Waals surface area contributed by atoms with Crippen LogP contribution in [0.1, 0.15) is 82.8 Å². The van der Waals surface area contributed by atoms with Crippen LogP contribution in [-0.4, -0.2) is 109 Å². The number of ether oxygens (including phenoxy) is 6. The van der Waals surface area contributed by atoms with Crippen molar-refractivity contribution in [1.82, 2.24) is 9.80 Å². The summed E-state index contributed by atoms with van der Waals surface area (Å²) in [4.78, 5) is 24.5. The first kappa shape index (κ1) is 41.8. The van der Waals surface area contributed by atoms with Crippen molar-refractivity contribution in [1.29, 1.82) is 0 Å². The van der Waals surface area contributed by atoms with Gasteiger partial charge >= 0.3 is 6.09 Å². The largest absolute Gasteiger partial charge is 0.492 e. The first-order valence-corrected chi connectivity index (χ1v) is 20.9. The second-order valence-corrected chi connectivity index (χ2v) is 17.0. The number of methoxy groups -OCH3 is 1. The summed E-state index contributed by atoms with van der Waals surface area (Å²) in [5.74, 6) is 0.833. The number of benzene rings is 2. The number of aliphatic hydroxyl groups excluding tert-OH is 2. The van der Waals surface area contributed by atoms with Gasteiger partial charge in [-0.2, -0.15) is 0 Å². The third kappa shape index (κ3) is 9.12. The van der Waals surface area contributed by atoms with E-state index >= 15 is 0 Å². The zero-order valence-corrected chi connectivity index (χ0v) is 34.5.